The van der Waals surface area contributed by atoms with E-state index in [-0.39, 0.29) is 35.5 Å². The number of phenols is 1. The van der Waals surface area contributed by atoms with E-state index in [1.54, 1.807) is 24.3 Å². The molecule has 0 amide bonds. The van der Waals surface area contributed by atoms with Crippen molar-refractivity contribution < 1.29 is 14.2 Å². The molecular weight excluding hydrogens is 498 g/mol. The monoisotopic (exact) mass is 526 g/mol. The second kappa shape index (κ2) is 11.6. The van der Waals surface area contributed by atoms with Crippen molar-refractivity contribution in [1.82, 2.24) is 15.6 Å². The maximum absolute atomic E-state index is 13.5. The summed E-state index contributed by atoms with van der Waals surface area (Å²) >= 11 is 0. The lowest BCUT2D eigenvalue weighted by atomic mass is 10.1. The molecule has 0 aliphatic heterocycles. The summed E-state index contributed by atoms with van der Waals surface area (Å²) in [6, 6.07) is 10.0. The van der Waals surface area contributed by atoms with Gasteiger partial charge in [-0.15, -0.1) is 24.0 Å². The van der Waals surface area contributed by atoms with Gasteiger partial charge in [-0.05, 0) is 61.7 Å². The van der Waals surface area contributed by atoms with Crippen LogP contribution in [0.2, 0.25) is 0 Å². The predicted octanol–water partition coefficient (Wildman–Crippen LogP) is 4.33. The Morgan fingerprint density at radius 2 is 2.00 bits per heavy atom. The molecule has 0 saturated heterocycles. The molecule has 162 valence electrons. The second-order valence-corrected chi connectivity index (χ2v) is 6.61. The van der Waals surface area contributed by atoms with Crippen LogP contribution in [0.25, 0.3) is 10.9 Å². The molecule has 2 aromatic carbocycles. The molecule has 0 aliphatic rings. The Bertz CT molecular complexity index is 990. The van der Waals surface area contributed by atoms with Gasteiger partial charge in [0, 0.05) is 30.2 Å². The summed E-state index contributed by atoms with van der Waals surface area (Å²) in [6.45, 7) is 6.22. The molecule has 0 radical (unpaired) electrons. The number of aliphatic imine (C=N–C) groups is 1. The van der Waals surface area contributed by atoms with Crippen LogP contribution in [0, 0.1) is 5.82 Å². The Morgan fingerprint density at radius 3 is 2.77 bits per heavy atom. The fraction of sp³-hybridized carbons (Fsp3) is 0.318. The van der Waals surface area contributed by atoms with Gasteiger partial charge in [0.15, 0.2) is 17.5 Å². The maximum atomic E-state index is 13.5. The van der Waals surface area contributed by atoms with Crippen LogP contribution >= 0.6 is 24.0 Å². The number of H-pyrrole nitrogens is 1. The van der Waals surface area contributed by atoms with Crippen molar-refractivity contribution in [2.45, 2.75) is 26.8 Å². The van der Waals surface area contributed by atoms with E-state index < -0.39 is 0 Å². The minimum Gasteiger partial charge on any atom is -0.504 e. The van der Waals surface area contributed by atoms with Crippen LogP contribution in [-0.2, 0) is 13.0 Å². The van der Waals surface area contributed by atoms with E-state index in [2.05, 4.69) is 20.6 Å². The third-order valence-corrected chi connectivity index (χ3v) is 4.50. The predicted molar refractivity (Wildman–Crippen MR) is 129 cm³/mol. The lowest BCUT2D eigenvalue weighted by molar-refractivity contribution is 0.318. The van der Waals surface area contributed by atoms with E-state index >= 15 is 0 Å². The minimum absolute atomic E-state index is 0. The first-order chi connectivity index (χ1) is 14.1. The molecule has 0 fully saturated rings. The van der Waals surface area contributed by atoms with E-state index in [0.29, 0.717) is 31.4 Å². The van der Waals surface area contributed by atoms with Gasteiger partial charge in [-0.3, -0.25) is 0 Å². The van der Waals surface area contributed by atoms with Crippen molar-refractivity contribution in [3.63, 3.8) is 0 Å². The molecule has 3 rings (SSSR count). The van der Waals surface area contributed by atoms with Gasteiger partial charge in [0.2, 0.25) is 0 Å². The van der Waals surface area contributed by atoms with Crippen LogP contribution < -0.4 is 15.4 Å². The Hall–Kier alpha value is -2.49. The number of benzene rings is 2. The molecule has 1 heterocycles. The highest BCUT2D eigenvalue weighted by Gasteiger charge is 2.06. The molecule has 1 aromatic heterocycles. The number of aromatic hydroxyl groups is 1. The van der Waals surface area contributed by atoms with Crippen molar-refractivity contribution in [2.24, 2.45) is 4.99 Å². The minimum atomic E-state index is -0.235. The van der Waals surface area contributed by atoms with Gasteiger partial charge in [-0.2, -0.15) is 0 Å². The Morgan fingerprint density at radius 1 is 1.17 bits per heavy atom. The summed E-state index contributed by atoms with van der Waals surface area (Å²) in [7, 11) is 0. The van der Waals surface area contributed by atoms with Crippen LogP contribution in [0.3, 0.4) is 0 Å². The zero-order valence-corrected chi connectivity index (χ0v) is 19.5. The number of aromatic nitrogens is 1. The molecule has 30 heavy (non-hydrogen) atoms. The van der Waals surface area contributed by atoms with Crippen molar-refractivity contribution in [3.8, 4) is 11.5 Å². The Labute approximate surface area is 193 Å². The maximum Gasteiger partial charge on any atom is 0.191 e. The number of phenolic OH excluding ortho intramolecular Hbond substituents is 1. The Kier molecular flexibility index (Phi) is 9.22. The van der Waals surface area contributed by atoms with Crippen LogP contribution in [0.5, 0.6) is 11.5 Å². The van der Waals surface area contributed by atoms with E-state index in [9.17, 15) is 9.50 Å². The number of fused-ring (bicyclic) bond motifs is 1. The largest absolute Gasteiger partial charge is 0.504 e. The molecule has 3 aromatic rings. The second-order valence-electron chi connectivity index (χ2n) is 6.61. The highest BCUT2D eigenvalue weighted by Crippen LogP contribution is 2.27. The first-order valence-corrected chi connectivity index (χ1v) is 9.83. The molecule has 4 N–H and O–H groups in total. The van der Waals surface area contributed by atoms with Gasteiger partial charge in [0.25, 0.3) is 0 Å². The first-order valence-electron chi connectivity index (χ1n) is 9.83. The quantitative estimate of drug-likeness (QED) is 0.200. The van der Waals surface area contributed by atoms with Crippen molar-refractivity contribution in [1.29, 1.82) is 0 Å². The number of hydrogen-bond acceptors (Lipinski definition) is 3. The van der Waals surface area contributed by atoms with Gasteiger partial charge in [0.1, 0.15) is 5.82 Å². The number of hydrogen-bond donors (Lipinski definition) is 4. The van der Waals surface area contributed by atoms with Crippen LogP contribution in [0.15, 0.2) is 47.6 Å². The number of nitrogens with zero attached hydrogens (tertiary/aromatic N) is 1. The van der Waals surface area contributed by atoms with Crippen LogP contribution in [0.1, 0.15) is 25.0 Å². The van der Waals surface area contributed by atoms with Gasteiger partial charge >= 0.3 is 0 Å². The number of halogens is 2. The highest BCUT2D eigenvalue weighted by molar-refractivity contribution is 14.0. The fourth-order valence-electron chi connectivity index (χ4n) is 3.11. The normalized spacial score (nSPS) is 11.2. The zero-order valence-electron chi connectivity index (χ0n) is 17.2. The fourth-order valence-corrected chi connectivity index (χ4v) is 3.11. The third-order valence-electron chi connectivity index (χ3n) is 4.50. The highest BCUT2D eigenvalue weighted by atomic mass is 127. The summed E-state index contributed by atoms with van der Waals surface area (Å²) in [4.78, 5) is 7.77. The standard InChI is InChI=1S/C22H27FN4O2.HI/c1-3-24-22(27-13-15-5-8-20(28)21(11-15)29-4-2)25-10-9-16-14-26-19-7-6-17(23)12-18(16)19;/h5-8,11-12,14,26,28H,3-4,9-10,13H2,1-2H3,(H2,24,25,27);1H. The molecule has 0 spiro atoms. The SMILES string of the molecule is CCNC(=NCc1ccc(O)c(OCC)c1)NCCc1c[nH]c2ccc(F)cc12.I. The lowest BCUT2D eigenvalue weighted by Crippen LogP contribution is -2.38. The number of rotatable bonds is 8. The van der Waals surface area contributed by atoms with Gasteiger partial charge < -0.3 is 25.5 Å². The van der Waals surface area contributed by atoms with Crippen LogP contribution in [0.4, 0.5) is 4.39 Å². The number of ether oxygens (including phenoxy) is 1. The molecule has 8 heteroatoms. The van der Waals surface area contributed by atoms with E-state index in [1.165, 1.54) is 6.07 Å². The van der Waals surface area contributed by atoms with E-state index in [1.807, 2.05) is 26.1 Å². The number of guanidine groups is 1. The molecule has 0 bridgehead atoms. The lowest BCUT2D eigenvalue weighted by Gasteiger charge is -2.12. The topological polar surface area (TPSA) is 81.7 Å². The van der Waals surface area contributed by atoms with E-state index in [4.69, 9.17) is 4.74 Å². The van der Waals surface area contributed by atoms with Gasteiger partial charge in [0.05, 0.1) is 13.2 Å². The molecular formula is C22H28FIN4O2. The van der Waals surface area contributed by atoms with Crippen molar-refractivity contribution in [2.75, 3.05) is 19.7 Å². The number of nitrogens with one attached hydrogen (secondary N) is 3. The summed E-state index contributed by atoms with van der Waals surface area (Å²) in [5.74, 6) is 1.05. The zero-order chi connectivity index (χ0) is 20.6. The van der Waals surface area contributed by atoms with E-state index in [0.717, 1.165) is 35.0 Å². The van der Waals surface area contributed by atoms with Gasteiger partial charge in [-0.25, -0.2) is 9.38 Å². The average molecular weight is 526 g/mol. The first kappa shape index (κ1) is 23.8. The summed E-state index contributed by atoms with van der Waals surface area (Å²) in [5, 5.41) is 17.3. The molecule has 6 nitrogen and oxygen atoms in total. The third kappa shape index (κ3) is 6.25. The summed E-state index contributed by atoms with van der Waals surface area (Å²) < 4.78 is 18.9. The van der Waals surface area contributed by atoms with Crippen molar-refractivity contribution in [3.05, 3.63) is 59.5 Å². The summed E-state index contributed by atoms with van der Waals surface area (Å²) in [5.41, 5.74) is 2.93. The summed E-state index contributed by atoms with van der Waals surface area (Å²) in [6.07, 6.45) is 2.66. The molecule has 0 saturated carbocycles. The molecule has 0 unspecified atom stereocenters. The average Bonchev–Trinajstić information content (AvgIpc) is 3.10. The molecule has 0 aliphatic carbocycles. The Balaban J connectivity index is 0.00000320. The molecule has 0 atom stereocenters. The van der Waals surface area contributed by atoms with Gasteiger partial charge in [-0.1, -0.05) is 6.07 Å². The van der Waals surface area contributed by atoms with Crippen molar-refractivity contribution >= 4 is 40.8 Å². The number of aromatic amines is 1. The van der Waals surface area contributed by atoms with Crippen LogP contribution in [-0.4, -0.2) is 35.7 Å². The smallest absolute Gasteiger partial charge is 0.191 e.